The van der Waals surface area contributed by atoms with Gasteiger partial charge in [-0.1, -0.05) is 32.9 Å². The minimum absolute atomic E-state index is 0.0671. The average Bonchev–Trinajstić information content (AvgIpc) is 3.32. The summed E-state index contributed by atoms with van der Waals surface area (Å²) in [6.07, 6.45) is 2.46. The largest absolute Gasteiger partial charge is 0.388 e. The number of nitrogens with zero attached hydrogens (tertiary/aromatic N) is 4. The summed E-state index contributed by atoms with van der Waals surface area (Å²) < 4.78 is 3.23. The summed E-state index contributed by atoms with van der Waals surface area (Å²) >= 11 is 0. The molecule has 0 radical (unpaired) electrons. The van der Waals surface area contributed by atoms with Crippen LogP contribution < -0.4 is 11.1 Å². The monoisotopic (exact) mass is 390 g/mol. The van der Waals surface area contributed by atoms with E-state index in [9.17, 15) is 4.79 Å². The lowest BCUT2D eigenvalue weighted by atomic mass is 9.92. The number of nitrogens with two attached hydrogens (primary N) is 1. The van der Waals surface area contributed by atoms with Crippen molar-refractivity contribution in [1.29, 1.82) is 0 Å². The number of imidazole rings is 1. The van der Waals surface area contributed by atoms with Crippen molar-refractivity contribution in [2.24, 2.45) is 0 Å². The Morgan fingerprint density at radius 2 is 1.76 bits per heavy atom. The van der Waals surface area contributed by atoms with Crippen molar-refractivity contribution in [3.8, 4) is 5.69 Å². The molecule has 0 bridgehead atoms. The molecular weight excluding hydrogens is 364 g/mol. The van der Waals surface area contributed by atoms with E-state index in [4.69, 9.17) is 5.73 Å². The van der Waals surface area contributed by atoms with Crippen LogP contribution in [0, 0.1) is 0 Å². The molecule has 0 spiro atoms. The van der Waals surface area contributed by atoms with E-state index in [0.29, 0.717) is 12.2 Å². The number of benzene rings is 2. The van der Waals surface area contributed by atoms with E-state index in [1.54, 1.807) is 6.07 Å². The molecule has 2 heterocycles. The Balaban J connectivity index is 0.000000177. The number of nitrogen functional groups attached to an aromatic ring is 1. The van der Waals surface area contributed by atoms with Gasteiger partial charge in [0, 0.05) is 29.9 Å². The predicted molar refractivity (Wildman–Crippen MR) is 118 cm³/mol. The Labute approximate surface area is 170 Å². The van der Waals surface area contributed by atoms with Gasteiger partial charge in [-0.3, -0.25) is 9.36 Å². The van der Waals surface area contributed by atoms with Crippen molar-refractivity contribution in [2.75, 3.05) is 18.1 Å². The van der Waals surface area contributed by atoms with Crippen LogP contribution in [-0.4, -0.2) is 32.8 Å². The fraction of sp³-hybridized carbons (Fsp3) is 0.227. The van der Waals surface area contributed by atoms with Crippen LogP contribution in [-0.2, 0) is 10.2 Å². The number of para-hydroxylation sites is 2. The van der Waals surface area contributed by atoms with E-state index < -0.39 is 0 Å². The van der Waals surface area contributed by atoms with E-state index >= 15 is 0 Å². The maximum absolute atomic E-state index is 10.4. The molecule has 7 nitrogen and oxygen atoms in total. The molecule has 0 fully saturated rings. The molecule has 0 amide bonds. The number of aromatic nitrogens is 4. The molecule has 4 rings (SSSR count). The first-order valence-corrected chi connectivity index (χ1v) is 9.34. The highest BCUT2D eigenvalue weighted by Crippen LogP contribution is 2.22. The van der Waals surface area contributed by atoms with E-state index in [0.717, 1.165) is 32.8 Å². The molecule has 7 heteroatoms. The number of carbonyl (C=O) groups excluding carboxylic acids is 1. The van der Waals surface area contributed by atoms with Gasteiger partial charge in [-0.2, -0.15) is 9.78 Å². The van der Waals surface area contributed by atoms with Gasteiger partial charge < -0.3 is 11.1 Å². The van der Waals surface area contributed by atoms with Gasteiger partial charge in [0.05, 0.1) is 16.7 Å². The smallest absolute Gasteiger partial charge is 0.235 e. The first-order chi connectivity index (χ1) is 13.8. The molecule has 150 valence electrons. The third kappa shape index (κ3) is 4.45. The first kappa shape index (κ1) is 20.1. The van der Waals surface area contributed by atoms with Crippen LogP contribution >= 0.6 is 0 Å². The van der Waals surface area contributed by atoms with Crippen molar-refractivity contribution >= 4 is 28.9 Å². The van der Waals surface area contributed by atoms with Gasteiger partial charge >= 0.3 is 0 Å². The zero-order chi connectivity index (χ0) is 21.0. The van der Waals surface area contributed by atoms with Crippen molar-refractivity contribution in [1.82, 2.24) is 19.3 Å². The zero-order valence-electron chi connectivity index (χ0n) is 17.1. The third-order valence-corrected chi connectivity index (χ3v) is 4.52. The summed E-state index contributed by atoms with van der Waals surface area (Å²) in [7, 11) is 1.92. The normalized spacial score (nSPS) is 11.0. The number of fused-ring (bicyclic) bond motifs is 1. The van der Waals surface area contributed by atoms with Crippen LogP contribution in [0.4, 0.5) is 11.5 Å². The van der Waals surface area contributed by atoms with Gasteiger partial charge in [-0.05, 0) is 36.4 Å². The van der Waals surface area contributed by atoms with Gasteiger partial charge in [0.15, 0.2) is 0 Å². The second-order valence-electron chi connectivity index (χ2n) is 7.65. The number of anilines is 2. The number of carbonyl (C=O) groups is 1. The van der Waals surface area contributed by atoms with E-state index in [1.165, 1.54) is 0 Å². The van der Waals surface area contributed by atoms with Gasteiger partial charge in [-0.25, -0.2) is 4.98 Å². The standard InChI is InChI=1S/C14H13N3.C8H13N3O/c1-15-11-6-8-12(9-7-11)17-10-16-13-4-2-3-5-14(13)17;1-8(2,3)6-4-7(9)11(5-12)10-6/h2-10,15H,1H3;4-5H,9H2,1-3H3. The van der Waals surface area contributed by atoms with Gasteiger partial charge in [0.2, 0.25) is 6.41 Å². The topological polar surface area (TPSA) is 90.8 Å². The van der Waals surface area contributed by atoms with Crippen molar-refractivity contribution in [3.63, 3.8) is 0 Å². The summed E-state index contributed by atoms with van der Waals surface area (Å²) in [5.74, 6) is 0.384. The lowest BCUT2D eigenvalue weighted by Crippen LogP contribution is -2.12. The van der Waals surface area contributed by atoms with Gasteiger partial charge in [0.25, 0.3) is 0 Å². The second-order valence-corrected chi connectivity index (χ2v) is 7.65. The highest BCUT2D eigenvalue weighted by atomic mass is 16.1. The number of hydrogen-bond acceptors (Lipinski definition) is 5. The van der Waals surface area contributed by atoms with Gasteiger partial charge in [-0.15, -0.1) is 0 Å². The molecule has 0 saturated heterocycles. The highest BCUT2D eigenvalue weighted by Gasteiger charge is 2.18. The summed E-state index contributed by atoms with van der Waals surface area (Å²) in [5, 5.41) is 7.13. The zero-order valence-corrected chi connectivity index (χ0v) is 17.1. The van der Waals surface area contributed by atoms with Crippen molar-refractivity contribution in [2.45, 2.75) is 26.2 Å². The van der Waals surface area contributed by atoms with Crippen molar-refractivity contribution in [3.05, 3.63) is 66.6 Å². The molecule has 0 aliphatic heterocycles. The molecule has 29 heavy (non-hydrogen) atoms. The lowest BCUT2D eigenvalue weighted by Gasteiger charge is -2.13. The first-order valence-electron chi connectivity index (χ1n) is 9.34. The maximum Gasteiger partial charge on any atom is 0.235 e. The summed E-state index contributed by atoms with van der Waals surface area (Å²) in [5.41, 5.74) is 10.7. The Morgan fingerprint density at radius 1 is 1.07 bits per heavy atom. The summed E-state index contributed by atoms with van der Waals surface area (Å²) in [6.45, 7) is 6.05. The molecule has 2 aromatic heterocycles. The number of nitrogens with one attached hydrogen (secondary N) is 1. The summed E-state index contributed by atoms with van der Waals surface area (Å²) in [6, 6.07) is 18.1. The van der Waals surface area contributed by atoms with Crippen LogP contribution in [0.25, 0.3) is 16.7 Å². The van der Waals surface area contributed by atoms with Crippen LogP contribution in [0.5, 0.6) is 0 Å². The van der Waals surface area contributed by atoms with Crippen LogP contribution in [0.2, 0.25) is 0 Å². The molecule has 0 unspecified atom stereocenters. The Kier molecular flexibility index (Phi) is 5.68. The fourth-order valence-corrected chi connectivity index (χ4v) is 2.81. The molecule has 4 aromatic rings. The number of hydrogen-bond donors (Lipinski definition) is 2. The molecule has 2 aromatic carbocycles. The predicted octanol–water partition coefficient (Wildman–Crippen LogP) is 3.87. The third-order valence-electron chi connectivity index (χ3n) is 4.52. The SMILES string of the molecule is CC(C)(C)c1cc(N)n(C=O)n1.CNc1ccc(-n2cnc3ccccc32)cc1. The molecule has 0 aliphatic rings. The summed E-state index contributed by atoms with van der Waals surface area (Å²) in [4.78, 5) is 14.8. The van der Waals surface area contributed by atoms with E-state index in [2.05, 4.69) is 50.3 Å². The highest BCUT2D eigenvalue weighted by molar-refractivity contribution is 5.77. The maximum atomic E-state index is 10.4. The molecule has 0 saturated carbocycles. The van der Waals surface area contributed by atoms with E-state index in [1.807, 2.05) is 52.3 Å². The van der Waals surface area contributed by atoms with Gasteiger partial charge in [0.1, 0.15) is 12.1 Å². The average molecular weight is 390 g/mol. The lowest BCUT2D eigenvalue weighted by molar-refractivity contribution is 0.531. The molecule has 3 N–H and O–H groups in total. The quantitative estimate of drug-likeness (QED) is 0.518. The Bertz CT molecular complexity index is 1100. The fourth-order valence-electron chi connectivity index (χ4n) is 2.81. The van der Waals surface area contributed by atoms with E-state index in [-0.39, 0.29) is 5.41 Å². The molecule has 0 atom stereocenters. The van der Waals surface area contributed by atoms with Crippen LogP contribution in [0.3, 0.4) is 0 Å². The molecule has 0 aliphatic carbocycles. The Morgan fingerprint density at radius 3 is 2.31 bits per heavy atom. The minimum atomic E-state index is -0.0671. The van der Waals surface area contributed by atoms with Crippen molar-refractivity contribution < 1.29 is 4.79 Å². The van der Waals surface area contributed by atoms with Crippen LogP contribution in [0.15, 0.2) is 60.9 Å². The Hall–Kier alpha value is -3.61. The minimum Gasteiger partial charge on any atom is -0.388 e. The molecular formula is C22H26N6O. The van der Waals surface area contributed by atoms with Crippen LogP contribution in [0.1, 0.15) is 26.5 Å². The second kappa shape index (κ2) is 8.18. The number of rotatable bonds is 3.